The summed E-state index contributed by atoms with van der Waals surface area (Å²) in [5, 5.41) is 0. The Bertz CT molecular complexity index is 157. The van der Waals surface area contributed by atoms with Crippen LogP contribution in [0.2, 0.25) is 0 Å². The molecule has 0 aromatic carbocycles. The Morgan fingerprint density at radius 1 is 0.867 bits per heavy atom. The van der Waals surface area contributed by atoms with Crippen LogP contribution >= 0.6 is 9.24 Å². The average Bonchev–Trinajstić information content (AvgIpc) is 2.87. The summed E-state index contributed by atoms with van der Waals surface area (Å²) in [5.74, 6) is 0. The first-order valence-electron chi connectivity index (χ1n) is 4.01. The molecule has 0 bridgehead atoms. The standard InChI is InChI=1S/2C5H5.CH5P.2ClH.Zr/c2*1-2-4-5-3-1;1-2;;;/h2*1-3H,4H2;2H2,1H3;2*1H;/q2*-1;;;;+4/p-2. The Morgan fingerprint density at radius 3 is 1.27 bits per heavy atom. The van der Waals surface area contributed by atoms with Crippen LogP contribution < -0.4 is 24.8 Å². The fourth-order valence-electron chi connectivity index (χ4n) is 0.680. The molecule has 2 aliphatic carbocycles. The topological polar surface area (TPSA) is 0 Å². The van der Waals surface area contributed by atoms with Crippen molar-refractivity contribution in [1.29, 1.82) is 0 Å². The van der Waals surface area contributed by atoms with Crippen molar-refractivity contribution in [2.24, 2.45) is 0 Å². The van der Waals surface area contributed by atoms with E-state index in [1.165, 1.54) is 0 Å². The molecule has 0 heterocycles. The monoisotopic (exact) mass is 338 g/mol. The first-order valence-corrected chi connectivity index (χ1v) is 5.17. The van der Waals surface area contributed by atoms with Crippen LogP contribution in [-0.2, 0) is 26.2 Å². The van der Waals surface area contributed by atoms with E-state index in [0.29, 0.717) is 0 Å². The maximum Gasteiger partial charge on any atom is 4.00 e. The fraction of sp³-hybridized carbons (Fsp3) is 0.273. The van der Waals surface area contributed by atoms with E-state index in [1.54, 1.807) is 0 Å². The van der Waals surface area contributed by atoms with Crippen LogP contribution in [0.1, 0.15) is 12.8 Å². The SMILES string of the molecule is CP.[C-]1=CC=CC1.[C-]1=CC=CC1.[Cl-].[Cl-].[Zr+4]. The van der Waals surface area contributed by atoms with E-state index in [2.05, 4.69) is 33.5 Å². The minimum absolute atomic E-state index is 0. The van der Waals surface area contributed by atoms with Crippen LogP contribution in [0.5, 0.6) is 0 Å². The van der Waals surface area contributed by atoms with Crippen molar-refractivity contribution < 1.29 is 51.0 Å². The third kappa shape index (κ3) is 20.8. The molecule has 15 heavy (non-hydrogen) atoms. The normalized spacial score (nSPS) is 12.1. The zero-order valence-electron chi connectivity index (χ0n) is 8.71. The molecule has 0 saturated carbocycles. The number of hydrogen-bond donors (Lipinski definition) is 0. The summed E-state index contributed by atoms with van der Waals surface area (Å²) in [6.07, 6.45) is 20.0. The van der Waals surface area contributed by atoms with Crippen LogP contribution in [0.3, 0.4) is 0 Å². The number of hydrogen-bond acceptors (Lipinski definition) is 0. The second-order valence-corrected chi connectivity index (χ2v) is 2.01. The molecule has 2 aliphatic rings. The molecule has 0 saturated heterocycles. The molecule has 0 nitrogen and oxygen atoms in total. The van der Waals surface area contributed by atoms with Gasteiger partial charge in [0.2, 0.25) is 0 Å². The summed E-state index contributed by atoms with van der Waals surface area (Å²) in [6, 6.07) is 0. The van der Waals surface area contributed by atoms with Gasteiger partial charge in [-0.15, -0.1) is 22.1 Å². The van der Waals surface area contributed by atoms with Crippen molar-refractivity contribution in [2.75, 3.05) is 6.66 Å². The Labute approximate surface area is 128 Å². The molecule has 0 fully saturated rings. The quantitative estimate of drug-likeness (QED) is 0.328. The molecule has 0 N–H and O–H groups in total. The molecule has 0 aliphatic heterocycles. The summed E-state index contributed by atoms with van der Waals surface area (Å²) in [4.78, 5) is 0. The van der Waals surface area contributed by atoms with Gasteiger partial charge in [-0.25, -0.2) is 24.3 Å². The summed E-state index contributed by atoms with van der Waals surface area (Å²) >= 11 is 0. The molecule has 0 aromatic heterocycles. The Hall–Kier alpha value is 0.853. The van der Waals surface area contributed by atoms with Crippen LogP contribution in [0, 0.1) is 12.2 Å². The van der Waals surface area contributed by atoms with Crippen molar-refractivity contribution in [3.8, 4) is 0 Å². The van der Waals surface area contributed by atoms with E-state index in [1.807, 2.05) is 31.0 Å². The Balaban J connectivity index is -0.0000000592. The molecule has 4 heteroatoms. The van der Waals surface area contributed by atoms with Crippen LogP contribution in [0.15, 0.2) is 36.5 Å². The van der Waals surface area contributed by atoms with Gasteiger partial charge < -0.3 is 24.8 Å². The molecule has 82 valence electrons. The maximum atomic E-state index is 2.99. The van der Waals surface area contributed by atoms with E-state index in [-0.39, 0.29) is 51.0 Å². The second kappa shape index (κ2) is 24.2. The molecular weight excluding hydrogens is 325 g/mol. The van der Waals surface area contributed by atoms with Gasteiger partial charge in [0.15, 0.2) is 0 Å². The summed E-state index contributed by atoms with van der Waals surface area (Å²) < 4.78 is 0. The minimum atomic E-state index is 0. The fourth-order valence-corrected chi connectivity index (χ4v) is 0.680. The molecular formula is C11H15Cl2PZr. The third-order valence-corrected chi connectivity index (χ3v) is 1.17. The average molecular weight is 340 g/mol. The van der Waals surface area contributed by atoms with Gasteiger partial charge >= 0.3 is 26.2 Å². The van der Waals surface area contributed by atoms with Gasteiger partial charge in [0.25, 0.3) is 0 Å². The van der Waals surface area contributed by atoms with E-state index in [9.17, 15) is 0 Å². The first kappa shape index (κ1) is 24.9. The maximum absolute atomic E-state index is 2.99. The van der Waals surface area contributed by atoms with E-state index in [4.69, 9.17) is 0 Å². The van der Waals surface area contributed by atoms with E-state index in [0.717, 1.165) is 12.8 Å². The minimum Gasteiger partial charge on any atom is -1.00 e. The van der Waals surface area contributed by atoms with Crippen LogP contribution in [0.4, 0.5) is 0 Å². The smallest absolute Gasteiger partial charge is 1.00 e. The predicted octanol–water partition coefficient (Wildman–Crippen LogP) is -2.89. The van der Waals surface area contributed by atoms with Crippen LogP contribution in [-0.4, -0.2) is 6.66 Å². The number of allylic oxidation sites excluding steroid dienone is 8. The largest absolute Gasteiger partial charge is 4.00 e. The Morgan fingerprint density at radius 2 is 1.20 bits per heavy atom. The summed E-state index contributed by atoms with van der Waals surface area (Å²) in [7, 11) is 2.42. The Kier molecular flexibility index (Phi) is 40.2. The van der Waals surface area contributed by atoms with Gasteiger partial charge in [-0.3, -0.25) is 12.2 Å². The van der Waals surface area contributed by atoms with Gasteiger partial charge in [0.05, 0.1) is 0 Å². The predicted molar refractivity (Wildman–Crippen MR) is 58.8 cm³/mol. The molecule has 1 atom stereocenters. The molecule has 1 unspecified atom stereocenters. The van der Waals surface area contributed by atoms with Crippen molar-refractivity contribution >= 4 is 9.24 Å². The molecule has 0 aromatic rings. The molecule has 2 rings (SSSR count). The van der Waals surface area contributed by atoms with Gasteiger partial charge in [0.1, 0.15) is 0 Å². The van der Waals surface area contributed by atoms with Crippen molar-refractivity contribution in [2.45, 2.75) is 12.8 Å². The van der Waals surface area contributed by atoms with Gasteiger partial charge in [0, 0.05) is 0 Å². The number of halogens is 2. The van der Waals surface area contributed by atoms with Crippen molar-refractivity contribution in [3.05, 3.63) is 48.6 Å². The zero-order valence-corrected chi connectivity index (χ0v) is 13.8. The van der Waals surface area contributed by atoms with Crippen molar-refractivity contribution in [1.82, 2.24) is 0 Å². The summed E-state index contributed by atoms with van der Waals surface area (Å²) in [5.41, 5.74) is 0. The first-order chi connectivity index (χ1) is 6.00. The van der Waals surface area contributed by atoms with Gasteiger partial charge in [-0.05, 0) is 0 Å². The molecule has 0 amide bonds. The molecule has 0 radical (unpaired) electrons. The van der Waals surface area contributed by atoms with Crippen molar-refractivity contribution in [3.63, 3.8) is 0 Å². The van der Waals surface area contributed by atoms with E-state index < -0.39 is 0 Å². The van der Waals surface area contributed by atoms with E-state index >= 15 is 0 Å². The summed E-state index contributed by atoms with van der Waals surface area (Å²) in [6.45, 7) is 1.92. The van der Waals surface area contributed by atoms with Gasteiger partial charge in [-0.1, -0.05) is 6.66 Å². The van der Waals surface area contributed by atoms with Gasteiger partial charge in [-0.2, -0.15) is 12.2 Å². The third-order valence-electron chi connectivity index (χ3n) is 1.17. The molecule has 0 spiro atoms. The zero-order chi connectivity index (χ0) is 9.07. The number of rotatable bonds is 0. The van der Waals surface area contributed by atoms with Crippen LogP contribution in [0.25, 0.3) is 0 Å². The second-order valence-electron chi connectivity index (χ2n) is 2.01.